The van der Waals surface area contributed by atoms with E-state index >= 15 is 4.39 Å². The van der Waals surface area contributed by atoms with Gasteiger partial charge in [-0.15, -0.1) is 0 Å². The Kier molecular flexibility index (Phi) is 8.54. The highest BCUT2D eigenvalue weighted by Crippen LogP contribution is 2.39. The number of ether oxygens (including phenoxy) is 5. The van der Waals surface area contributed by atoms with E-state index in [-0.39, 0.29) is 26.9 Å². The van der Waals surface area contributed by atoms with Gasteiger partial charge in [-0.1, -0.05) is 23.8 Å². The lowest BCUT2D eigenvalue weighted by Crippen LogP contribution is -2.15. The Labute approximate surface area is 214 Å². The second-order valence-corrected chi connectivity index (χ2v) is 9.33. The Morgan fingerprint density at radius 2 is 1.36 bits per heavy atom. The van der Waals surface area contributed by atoms with Crippen molar-refractivity contribution in [2.45, 2.75) is 4.90 Å². The van der Waals surface area contributed by atoms with E-state index in [0.29, 0.717) is 28.6 Å². The van der Waals surface area contributed by atoms with Crippen LogP contribution in [0.5, 0.6) is 28.7 Å². The van der Waals surface area contributed by atoms with E-state index in [9.17, 15) is 8.42 Å². The van der Waals surface area contributed by atoms with Gasteiger partial charge in [0.1, 0.15) is 5.75 Å². The van der Waals surface area contributed by atoms with Crippen LogP contribution < -0.4 is 28.4 Å². The van der Waals surface area contributed by atoms with Crippen molar-refractivity contribution in [3.63, 3.8) is 0 Å². The fraction of sp³-hybridized carbons (Fsp3) is 0.200. The standard InChI is InChI=1S/C25H25ClFNO7S/c1-31-19-11-9-17(14-18(19)26)36(29,30)28-24-16(8-10-20(32-2)23(24)27)7-6-15-12-21(33-3)25(35-5)22(13-15)34-4/h6-14,28H,1-5H3/b7-6-. The van der Waals surface area contributed by atoms with E-state index in [2.05, 4.69) is 4.72 Å². The number of methoxy groups -OCH3 is 5. The topological polar surface area (TPSA) is 92.3 Å². The van der Waals surface area contributed by atoms with E-state index in [1.165, 1.54) is 65.9 Å². The van der Waals surface area contributed by atoms with Gasteiger partial charge < -0.3 is 23.7 Å². The fourth-order valence-corrected chi connectivity index (χ4v) is 4.80. The van der Waals surface area contributed by atoms with Crippen LogP contribution in [-0.4, -0.2) is 44.0 Å². The molecule has 0 fully saturated rings. The Morgan fingerprint density at radius 3 is 1.89 bits per heavy atom. The number of anilines is 1. The fourth-order valence-electron chi connectivity index (χ4n) is 3.36. The lowest BCUT2D eigenvalue weighted by molar-refractivity contribution is 0.324. The summed E-state index contributed by atoms with van der Waals surface area (Å²) in [5.41, 5.74) is 0.576. The molecule has 0 aliphatic heterocycles. The van der Waals surface area contributed by atoms with Crippen LogP contribution in [0.4, 0.5) is 10.1 Å². The molecule has 3 aromatic rings. The lowest BCUT2D eigenvalue weighted by atomic mass is 10.1. The molecule has 0 aromatic heterocycles. The van der Waals surface area contributed by atoms with Crippen molar-refractivity contribution in [3.8, 4) is 28.7 Å². The SMILES string of the molecule is COc1ccc(S(=O)(=O)Nc2c(/C=C\c3cc(OC)c(OC)c(OC)c3)ccc(OC)c2F)cc1Cl. The number of sulfonamides is 1. The summed E-state index contributed by atoms with van der Waals surface area (Å²) in [6.45, 7) is 0. The summed E-state index contributed by atoms with van der Waals surface area (Å²) < 4.78 is 69.9. The molecule has 36 heavy (non-hydrogen) atoms. The third-order valence-corrected chi connectivity index (χ3v) is 6.81. The molecule has 8 nitrogen and oxygen atoms in total. The van der Waals surface area contributed by atoms with Crippen molar-refractivity contribution in [1.82, 2.24) is 0 Å². The molecule has 0 radical (unpaired) electrons. The zero-order chi connectivity index (χ0) is 26.5. The zero-order valence-electron chi connectivity index (χ0n) is 20.2. The first kappa shape index (κ1) is 27.0. The zero-order valence-corrected chi connectivity index (χ0v) is 21.8. The van der Waals surface area contributed by atoms with Gasteiger partial charge in [0.25, 0.3) is 10.0 Å². The van der Waals surface area contributed by atoms with Gasteiger partial charge in [-0.25, -0.2) is 12.8 Å². The molecule has 0 heterocycles. The molecule has 0 saturated carbocycles. The summed E-state index contributed by atoms with van der Waals surface area (Å²) in [6, 6.07) is 10.2. The molecule has 0 aliphatic carbocycles. The number of hydrogen-bond acceptors (Lipinski definition) is 7. The third-order valence-electron chi connectivity index (χ3n) is 5.17. The first-order valence-corrected chi connectivity index (χ1v) is 12.3. The van der Waals surface area contributed by atoms with Gasteiger partial charge in [-0.3, -0.25) is 4.72 Å². The van der Waals surface area contributed by atoms with Gasteiger partial charge in [0.2, 0.25) is 5.75 Å². The van der Waals surface area contributed by atoms with Crippen molar-refractivity contribution in [3.05, 3.63) is 64.4 Å². The summed E-state index contributed by atoms with van der Waals surface area (Å²) >= 11 is 6.09. The molecule has 192 valence electrons. The van der Waals surface area contributed by atoms with Crippen LogP contribution in [0.1, 0.15) is 11.1 Å². The van der Waals surface area contributed by atoms with Gasteiger partial charge in [0.15, 0.2) is 23.1 Å². The van der Waals surface area contributed by atoms with Gasteiger partial charge >= 0.3 is 0 Å². The maximum atomic E-state index is 15.3. The van der Waals surface area contributed by atoms with E-state index < -0.39 is 15.8 Å². The van der Waals surface area contributed by atoms with Crippen LogP contribution in [-0.2, 0) is 10.0 Å². The Bertz CT molecular complexity index is 1370. The normalized spacial score (nSPS) is 11.3. The van der Waals surface area contributed by atoms with Crippen molar-refractivity contribution in [2.75, 3.05) is 40.3 Å². The van der Waals surface area contributed by atoms with Gasteiger partial charge in [-0.2, -0.15) is 0 Å². The molecule has 0 aliphatic rings. The first-order valence-electron chi connectivity index (χ1n) is 10.4. The highest BCUT2D eigenvalue weighted by molar-refractivity contribution is 7.92. The van der Waals surface area contributed by atoms with Crippen LogP contribution in [0.3, 0.4) is 0 Å². The summed E-state index contributed by atoms with van der Waals surface area (Å²) in [5.74, 6) is 0.555. The molecule has 0 amide bonds. The summed E-state index contributed by atoms with van der Waals surface area (Å²) in [6.07, 6.45) is 3.19. The quantitative estimate of drug-likeness (QED) is 0.342. The molecule has 3 rings (SSSR count). The monoisotopic (exact) mass is 537 g/mol. The van der Waals surface area contributed by atoms with E-state index in [1.54, 1.807) is 24.3 Å². The van der Waals surface area contributed by atoms with E-state index in [1.807, 2.05) is 0 Å². The lowest BCUT2D eigenvalue weighted by Gasteiger charge is -2.15. The molecule has 1 N–H and O–H groups in total. The predicted octanol–water partition coefficient (Wildman–Crippen LogP) is 5.49. The molecule has 0 atom stereocenters. The van der Waals surface area contributed by atoms with Gasteiger partial charge in [-0.05, 0) is 48.0 Å². The predicted molar refractivity (Wildman–Crippen MR) is 137 cm³/mol. The number of hydrogen-bond donors (Lipinski definition) is 1. The largest absolute Gasteiger partial charge is 0.495 e. The van der Waals surface area contributed by atoms with Crippen molar-refractivity contribution in [1.29, 1.82) is 0 Å². The minimum atomic E-state index is -4.22. The van der Waals surface area contributed by atoms with Crippen LogP contribution in [0.25, 0.3) is 12.2 Å². The second kappa shape index (κ2) is 11.4. The molecular weight excluding hydrogens is 513 g/mol. The Hall–Kier alpha value is -3.63. The average Bonchev–Trinajstić information content (AvgIpc) is 2.88. The van der Waals surface area contributed by atoms with Crippen molar-refractivity contribution >= 4 is 39.5 Å². The first-order chi connectivity index (χ1) is 17.2. The molecule has 0 unspecified atom stereocenters. The summed E-state index contributed by atoms with van der Waals surface area (Å²) in [4.78, 5) is -0.171. The van der Waals surface area contributed by atoms with Crippen molar-refractivity contribution in [2.24, 2.45) is 0 Å². The highest BCUT2D eigenvalue weighted by Gasteiger charge is 2.22. The van der Waals surface area contributed by atoms with Gasteiger partial charge in [0, 0.05) is 5.56 Å². The maximum Gasteiger partial charge on any atom is 0.262 e. The van der Waals surface area contributed by atoms with Crippen LogP contribution in [0.2, 0.25) is 5.02 Å². The summed E-state index contributed by atoms with van der Waals surface area (Å²) in [5, 5.41) is 0.0917. The molecule has 0 bridgehead atoms. The minimum absolute atomic E-state index is 0.0917. The molecule has 0 saturated heterocycles. The van der Waals surface area contributed by atoms with Crippen molar-refractivity contribution < 1.29 is 36.5 Å². The Balaban J connectivity index is 2.06. The third kappa shape index (κ3) is 5.60. The average molecular weight is 538 g/mol. The number of benzene rings is 3. The summed E-state index contributed by atoms with van der Waals surface area (Å²) in [7, 11) is 2.94. The van der Waals surface area contributed by atoms with Crippen LogP contribution in [0, 0.1) is 5.82 Å². The smallest absolute Gasteiger partial charge is 0.262 e. The minimum Gasteiger partial charge on any atom is -0.495 e. The molecule has 11 heteroatoms. The Morgan fingerprint density at radius 1 is 0.778 bits per heavy atom. The highest BCUT2D eigenvalue weighted by atomic mass is 35.5. The number of rotatable bonds is 10. The van der Waals surface area contributed by atoms with E-state index in [4.69, 9.17) is 35.3 Å². The second-order valence-electron chi connectivity index (χ2n) is 7.24. The number of nitrogens with one attached hydrogen (secondary N) is 1. The molecular formula is C25H25ClFNO7S. The van der Waals surface area contributed by atoms with Crippen LogP contribution in [0.15, 0.2) is 47.4 Å². The number of halogens is 2. The molecule has 3 aromatic carbocycles. The van der Waals surface area contributed by atoms with Crippen LogP contribution >= 0.6 is 11.6 Å². The van der Waals surface area contributed by atoms with Gasteiger partial charge in [0.05, 0.1) is 51.2 Å². The maximum absolute atomic E-state index is 15.3. The van der Waals surface area contributed by atoms with E-state index in [0.717, 1.165) is 0 Å². The molecule has 0 spiro atoms.